The first-order chi connectivity index (χ1) is 7.37. The maximum Gasteiger partial charge on any atom is 0.389 e. The minimum atomic E-state index is -4.23. The monoisotopic (exact) mass is 234 g/mol. The van der Waals surface area contributed by atoms with Crippen molar-refractivity contribution in [1.29, 1.82) is 0 Å². The number of hydrogen-bond acceptors (Lipinski definition) is 2. The summed E-state index contributed by atoms with van der Waals surface area (Å²) < 4.78 is 35.6. The van der Waals surface area contributed by atoms with Gasteiger partial charge in [0.05, 0.1) is 6.10 Å². The zero-order valence-corrected chi connectivity index (χ0v) is 8.54. The lowest BCUT2D eigenvalue weighted by Gasteiger charge is -2.12. The van der Waals surface area contributed by atoms with Gasteiger partial charge in [0.25, 0.3) is 0 Å². The molecule has 1 aromatic rings. The summed E-state index contributed by atoms with van der Waals surface area (Å²) in [4.78, 5) is 0. The number of benzene rings is 1. The van der Waals surface area contributed by atoms with Crippen LogP contribution < -0.4 is 0 Å². The van der Waals surface area contributed by atoms with Crippen molar-refractivity contribution in [3.8, 4) is 5.75 Å². The second kappa shape index (κ2) is 5.21. The van der Waals surface area contributed by atoms with Gasteiger partial charge in [-0.3, -0.25) is 0 Å². The van der Waals surface area contributed by atoms with E-state index in [1.165, 1.54) is 12.1 Å². The molecule has 0 saturated heterocycles. The Morgan fingerprint density at radius 1 is 1.12 bits per heavy atom. The van der Waals surface area contributed by atoms with E-state index in [4.69, 9.17) is 5.11 Å². The molecule has 0 aliphatic carbocycles. The largest absolute Gasteiger partial charge is 0.508 e. The van der Waals surface area contributed by atoms with Crippen molar-refractivity contribution in [2.45, 2.75) is 31.5 Å². The van der Waals surface area contributed by atoms with Crippen molar-refractivity contribution in [2.24, 2.45) is 0 Å². The Kier molecular flexibility index (Phi) is 4.18. The van der Waals surface area contributed by atoms with Crippen molar-refractivity contribution in [3.63, 3.8) is 0 Å². The molecule has 1 aromatic carbocycles. The lowest BCUT2D eigenvalue weighted by Crippen LogP contribution is -2.16. The van der Waals surface area contributed by atoms with E-state index in [1.54, 1.807) is 12.1 Å². The molecule has 90 valence electrons. The predicted molar refractivity (Wildman–Crippen MR) is 53.1 cm³/mol. The molecule has 2 N–H and O–H groups in total. The normalized spacial score (nSPS) is 13.8. The summed E-state index contributed by atoms with van der Waals surface area (Å²) in [5, 5.41) is 18.4. The van der Waals surface area contributed by atoms with E-state index in [2.05, 4.69) is 0 Å². The molecule has 1 unspecified atom stereocenters. The number of alkyl halides is 3. The average Bonchev–Trinajstić information content (AvgIpc) is 2.18. The second-order valence-electron chi connectivity index (χ2n) is 3.68. The number of rotatable bonds is 4. The highest BCUT2D eigenvalue weighted by atomic mass is 19.4. The molecule has 0 aromatic heterocycles. The smallest absolute Gasteiger partial charge is 0.389 e. The molecular formula is C11H13F3O2. The summed E-state index contributed by atoms with van der Waals surface area (Å²) in [6, 6.07) is 6.02. The zero-order chi connectivity index (χ0) is 12.2. The minimum absolute atomic E-state index is 0.0912. The van der Waals surface area contributed by atoms with Crippen molar-refractivity contribution >= 4 is 0 Å². The summed E-state index contributed by atoms with van der Waals surface area (Å²) in [6.45, 7) is 0. The molecule has 1 atom stereocenters. The lowest BCUT2D eigenvalue weighted by atomic mass is 10.0. The summed E-state index contributed by atoms with van der Waals surface area (Å²) in [5.41, 5.74) is 0.701. The molecule has 5 heteroatoms. The number of halogens is 3. The van der Waals surface area contributed by atoms with Crippen LogP contribution in [0.4, 0.5) is 13.2 Å². The predicted octanol–water partition coefficient (Wildman–Crippen LogP) is 2.64. The van der Waals surface area contributed by atoms with Gasteiger partial charge < -0.3 is 10.2 Å². The van der Waals surface area contributed by atoms with Gasteiger partial charge in [0.1, 0.15) is 5.75 Å². The fraction of sp³-hybridized carbons (Fsp3) is 0.455. The Morgan fingerprint density at radius 3 is 2.19 bits per heavy atom. The highest BCUT2D eigenvalue weighted by molar-refractivity contribution is 5.26. The minimum Gasteiger partial charge on any atom is -0.508 e. The van der Waals surface area contributed by atoms with Crippen LogP contribution in [0.2, 0.25) is 0 Å². The molecule has 16 heavy (non-hydrogen) atoms. The molecule has 1 rings (SSSR count). The second-order valence-corrected chi connectivity index (χ2v) is 3.68. The van der Waals surface area contributed by atoms with Gasteiger partial charge in [0.15, 0.2) is 0 Å². The van der Waals surface area contributed by atoms with Crippen molar-refractivity contribution in [3.05, 3.63) is 29.8 Å². The van der Waals surface area contributed by atoms with E-state index in [0.717, 1.165) is 0 Å². The van der Waals surface area contributed by atoms with Gasteiger partial charge in [-0.15, -0.1) is 0 Å². The molecule has 0 aliphatic heterocycles. The van der Waals surface area contributed by atoms with Gasteiger partial charge in [-0.1, -0.05) is 12.1 Å². The molecule has 2 nitrogen and oxygen atoms in total. The molecule has 0 fully saturated rings. The number of phenols is 1. The van der Waals surface area contributed by atoms with Gasteiger partial charge in [-0.25, -0.2) is 0 Å². The van der Waals surface area contributed by atoms with Gasteiger partial charge in [-0.05, 0) is 30.5 Å². The lowest BCUT2D eigenvalue weighted by molar-refractivity contribution is -0.139. The van der Waals surface area contributed by atoms with E-state index in [0.29, 0.717) is 5.56 Å². The fourth-order valence-corrected chi connectivity index (χ4v) is 1.34. The van der Waals surface area contributed by atoms with Gasteiger partial charge in [0, 0.05) is 6.42 Å². The van der Waals surface area contributed by atoms with Crippen LogP contribution in [-0.4, -0.2) is 22.5 Å². The first-order valence-electron chi connectivity index (χ1n) is 4.89. The molecule has 0 aliphatic rings. The molecule has 0 bridgehead atoms. The van der Waals surface area contributed by atoms with Crippen molar-refractivity contribution < 1.29 is 23.4 Å². The summed E-state index contributed by atoms with van der Waals surface area (Å²) >= 11 is 0. The summed E-state index contributed by atoms with van der Waals surface area (Å²) in [5.74, 6) is 0.0912. The molecule has 0 saturated carbocycles. The Hall–Kier alpha value is -1.23. The topological polar surface area (TPSA) is 40.5 Å². The molecule has 0 radical (unpaired) electrons. The molecule has 0 heterocycles. The SMILES string of the molecule is Oc1ccc(CC(O)CCC(F)(F)F)cc1. The van der Waals surface area contributed by atoms with Gasteiger partial charge in [0.2, 0.25) is 0 Å². The van der Waals surface area contributed by atoms with Crippen molar-refractivity contribution in [2.75, 3.05) is 0 Å². The molecule has 0 spiro atoms. The van der Waals surface area contributed by atoms with E-state index in [-0.39, 0.29) is 18.6 Å². The third-order valence-corrected chi connectivity index (χ3v) is 2.17. The third kappa shape index (κ3) is 5.02. The van der Waals surface area contributed by atoms with Gasteiger partial charge >= 0.3 is 6.18 Å². The van der Waals surface area contributed by atoms with Gasteiger partial charge in [-0.2, -0.15) is 13.2 Å². The Morgan fingerprint density at radius 2 is 1.69 bits per heavy atom. The molecule has 0 amide bonds. The number of hydrogen-bond donors (Lipinski definition) is 2. The number of phenolic OH excluding ortho intramolecular Hbond substituents is 1. The number of aromatic hydroxyl groups is 1. The van der Waals surface area contributed by atoms with E-state index < -0.39 is 18.7 Å². The van der Waals surface area contributed by atoms with Crippen LogP contribution in [-0.2, 0) is 6.42 Å². The van der Waals surface area contributed by atoms with Crippen LogP contribution in [0.25, 0.3) is 0 Å². The zero-order valence-electron chi connectivity index (χ0n) is 8.54. The highest BCUT2D eigenvalue weighted by Gasteiger charge is 2.27. The maximum atomic E-state index is 11.9. The first-order valence-corrected chi connectivity index (χ1v) is 4.89. The van der Waals surface area contributed by atoms with E-state index in [1.807, 2.05) is 0 Å². The van der Waals surface area contributed by atoms with Crippen LogP contribution in [0, 0.1) is 0 Å². The molecular weight excluding hydrogens is 221 g/mol. The first kappa shape index (κ1) is 12.8. The van der Waals surface area contributed by atoms with Crippen LogP contribution in [0.15, 0.2) is 24.3 Å². The third-order valence-electron chi connectivity index (χ3n) is 2.17. The highest BCUT2D eigenvalue weighted by Crippen LogP contribution is 2.23. The van der Waals surface area contributed by atoms with Crippen molar-refractivity contribution in [1.82, 2.24) is 0 Å². The summed E-state index contributed by atoms with van der Waals surface area (Å²) in [7, 11) is 0. The summed E-state index contributed by atoms with van der Waals surface area (Å²) in [6.07, 6.45) is -6.35. The Bertz CT molecular complexity index is 319. The van der Waals surface area contributed by atoms with Crippen LogP contribution in [0.1, 0.15) is 18.4 Å². The van der Waals surface area contributed by atoms with Crippen LogP contribution in [0.5, 0.6) is 5.75 Å². The van der Waals surface area contributed by atoms with E-state index in [9.17, 15) is 18.3 Å². The van der Waals surface area contributed by atoms with Crippen LogP contribution in [0.3, 0.4) is 0 Å². The van der Waals surface area contributed by atoms with Crippen LogP contribution >= 0.6 is 0 Å². The fourth-order valence-electron chi connectivity index (χ4n) is 1.34. The number of aliphatic hydroxyl groups is 1. The average molecular weight is 234 g/mol. The maximum absolute atomic E-state index is 11.9. The number of aliphatic hydroxyl groups excluding tert-OH is 1. The Balaban J connectivity index is 2.39. The van der Waals surface area contributed by atoms with E-state index >= 15 is 0 Å². The quantitative estimate of drug-likeness (QED) is 0.840. The standard InChI is InChI=1S/C11H13F3O2/c12-11(13,14)6-5-10(16)7-8-1-3-9(15)4-2-8/h1-4,10,15-16H,5-7H2. The Labute approximate surface area is 91.3 Å².